The van der Waals surface area contributed by atoms with Crippen molar-refractivity contribution in [2.24, 2.45) is 0 Å². The summed E-state index contributed by atoms with van der Waals surface area (Å²) in [5.74, 6) is 0.0171. The van der Waals surface area contributed by atoms with E-state index >= 15 is 0 Å². The number of hydrogen-bond acceptors (Lipinski definition) is 5. The number of nitrogens with zero attached hydrogens (tertiary/aromatic N) is 1. The minimum atomic E-state index is -0.491. The number of amides is 1. The van der Waals surface area contributed by atoms with E-state index in [4.69, 9.17) is 4.74 Å². The van der Waals surface area contributed by atoms with Crippen LogP contribution in [0.5, 0.6) is 5.75 Å². The molecule has 0 atom stereocenters. The van der Waals surface area contributed by atoms with Crippen LogP contribution in [0.2, 0.25) is 0 Å². The summed E-state index contributed by atoms with van der Waals surface area (Å²) >= 11 is 0. The third-order valence-corrected chi connectivity index (χ3v) is 3.34. The summed E-state index contributed by atoms with van der Waals surface area (Å²) in [5, 5.41) is 13.2. The Morgan fingerprint density at radius 1 is 1.17 bits per heavy atom. The molecule has 1 N–H and O–H groups in total. The normalized spacial score (nSPS) is 10.1. The van der Waals surface area contributed by atoms with Gasteiger partial charge >= 0.3 is 0 Å². The fourth-order valence-corrected chi connectivity index (χ4v) is 2.19. The first-order valence-electron chi connectivity index (χ1n) is 7.13. The molecular formula is C17H16N2O5. The number of hydrogen-bond donors (Lipinski definition) is 1. The summed E-state index contributed by atoms with van der Waals surface area (Å²) in [6, 6.07) is 10.6. The molecule has 0 fully saturated rings. The van der Waals surface area contributed by atoms with Gasteiger partial charge in [-0.15, -0.1) is 0 Å². The van der Waals surface area contributed by atoms with E-state index in [1.807, 2.05) is 0 Å². The highest BCUT2D eigenvalue weighted by molar-refractivity contribution is 6.00. The fraction of sp³-hybridized carbons (Fsp3) is 0.176. The van der Waals surface area contributed by atoms with Crippen LogP contribution in [0.4, 0.5) is 11.4 Å². The van der Waals surface area contributed by atoms with Crippen LogP contribution >= 0.6 is 0 Å². The SMILES string of the molecule is COc1ccc(C(=O)Cc2ccc([N+](=O)[O-])cc2)cc1NC(C)=O. The maximum absolute atomic E-state index is 12.4. The van der Waals surface area contributed by atoms with Gasteiger partial charge in [-0.3, -0.25) is 19.7 Å². The Balaban J connectivity index is 2.19. The summed E-state index contributed by atoms with van der Waals surface area (Å²) in [6.45, 7) is 1.37. The predicted molar refractivity (Wildman–Crippen MR) is 88.4 cm³/mol. The van der Waals surface area contributed by atoms with Gasteiger partial charge in [-0.2, -0.15) is 0 Å². The highest BCUT2D eigenvalue weighted by atomic mass is 16.6. The summed E-state index contributed by atoms with van der Waals surface area (Å²) in [6.07, 6.45) is 0.101. The van der Waals surface area contributed by atoms with Crippen molar-refractivity contribution in [1.82, 2.24) is 0 Å². The minimum Gasteiger partial charge on any atom is -0.495 e. The molecule has 0 saturated heterocycles. The quantitative estimate of drug-likeness (QED) is 0.499. The lowest BCUT2D eigenvalue weighted by atomic mass is 10.0. The number of ketones is 1. The number of anilines is 1. The first kappa shape index (κ1) is 17.1. The molecule has 24 heavy (non-hydrogen) atoms. The van der Waals surface area contributed by atoms with Crippen LogP contribution in [0.3, 0.4) is 0 Å². The van der Waals surface area contributed by atoms with Gasteiger partial charge in [0.25, 0.3) is 5.69 Å². The molecule has 7 nitrogen and oxygen atoms in total. The second kappa shape index (κ2) is 7.36. The standard InChI is InChI=1S/C17H16N2O5/c1-11(20)18-15-10-13(5-8-17(15)24-2)16(21)9-12-3-6-14(7-4-12)19(22)23/h3-8,10H,9H2,1-2H3,(H,18,20). The highest BCUT2D eigenvalue weighted by Crippen LogP contribution is 2.26. The van der Waals surface area contributed by atoms with Crippen LogP contribution in [0.15, 0.2) is 42.5 Å². The van der Waals surface area contributed by atoms with E-state index in [0.29, 0.717) is 22.6 Å². The van der Waals surface area contributed by atoms with Crippen LogP contribution in [0.1, 0.15) is 22.8 Å². The third-order valence-electron chi connectivity index (χ3n) is 3.34. The lowest BCUT2D eigenvalue weighted by Gasteiger charge is -2.10. The molecule has 0 spiro atoms. The van der Waals surface area contributed by atoms with Gasteiger partial charge in [-0.05, 0) is 23.8 Å². The van der Waals surface area contributed by atoms with Gasteiger partial charge < -0.3 is 10.1 Å². The summed E-state index contributed by atoms with van der Waals surface area (Å²) < 4.78 is 5.14. The Morgan fingerprint density at radius 3 is 2.38 bits per heavy atom. The largest absolute Gasteiger partial charge is 0.495 e. The van der Waals surface area contributed by atoms with Crippen molar-refractivity contribution < 1.29 is 19.2 Å². The molecule has 2 aromatic rings. The van der Waals surface area contributed by atoms with E-state index in [2.05, 4.69) is 5.32 Å². The molecule has 1 amide bonds. The number of ether oxygens (including phenoxy) is 1. The number of Topliss-reactive ketones (excluding diaryl/α,β-unsaturated/α-hetero) is 1. The van der Waals surface area contributed by atoms with Gasteiger partial charge in [0.2, 0.25) is 5.91 Å². The van der Waals surface area contributed by atoms with Crippen molar-refractivity contribution in [3.8, 4) is 5.75 Å². The Hall–Kier alpha value is -3.22. The number of carbonyl (C=O) groups excluding carboxylic acids is 2. The second-order valence-corrected chi connectivity index (χ2v) is 5.12. The van der Waals surface area contributed by atoms with E-state index < -0.39 is 4.92 Å². The van der Waals surface area contributed by atoms with Crippen LogP contribution in [0.25, 0.3) is 0 Å². The van der Waals surface area contributed by atoms with Gasteiger partial charge in [0.1, 0.15) is 5.75 Å². The maximum atomic E-state index is 12.4. The van der Waals surface area contributed by atoms with Crippen molar-refractivity contribution in [3.63, 3.8) is 0 Å². The molecule has 0 aliphatic carbocycles. The first-order valence-corrected chi connectivity index (χ1v) is 7.13. The average molecular weight is 328 g/mol. The lowest BCUT2D eigenvalue weighted by Crippen LogP contribution is -2.09. The smallest absolute Gasteiger partial charge is 0.269 e. The van der Waals surface area contributed by atoms with Crippen molar-refractivity contribution in [1.29, 1.82) is 0 Å². The van der Waals surface area contributed by atoms with E-state index in [-0.39, 0.29) is 23.8 Å². The Morgan fingerprint density at radius 2 is 1.83 bits per heavy atom. The zero-order valence-corrected chi connectivity index (χ0v) is 13.2. The summed E-state index contributed by atoms with van der Waals surface area (Å²) in [5.41, 5.74) is 1.48. The average Bonchev–Trinajstić information content (AvgIpc) is 2.54. The van der Waals surface area contributed by atoms with Crippen LogP contribution in [-0.4, -0.2) is 23.7 Å². The molecule has 0 unspecified atom stereocenters. The monoisotopic (exact) mass is 328 g/mol. The molecular weight excluding hydrogens is 312 g/mol. The number of nitro benzene ring substituents is 1. The molecule has 0 radical (unpaired) electrons. The molecule has 0 heterocycles. The van der Waals surface area contributed by atoms with Gasteiger partial charge in [-0.1, -0.05) is 12.1 Å². The topological polar surface area (TPSA) is 98.5 Å². The van der Waals surface area contributed by atoms with E-state index in [0.717, 1.165) is 0 Å². The van der Waals surface area contributed by atoms with Crippen LogP contribution < -0.4 is 10.1 Å². The van der Waals surface area contributed by atoms with E-state index in [1.165, 1.54) is 26.2 Å². The predicted octanol–water partition coefficient (Wildman–Crippen LogP) is 2.99. The molecule has 0 saturated carbocycles. The van der Waals surface area contributed by atoms with Gasteiger partial charge in [0.05, 0.1) is 17.7 Å². The molecule has 0 aliphatic heterocycles. The third kappa shape index (κ3) is 4.16. The first-order chi connectivity index (χ1) is 11.4. The zero-order chi connectivity index (χ0) is 17.7. The molecule has 2 aromatic carbocycles. The van der Waals surface area contributed by atoms with E-state index in [9.17, 15) is 19.7 Å². The molecule has 2 rings (SSSR count). The minimum absolute atomic E-state index is 0.0245. The fourth-order valence-electron chi connectivity index (χ4n) is 2.19. The number of methoxy groups -OCH3 is 1. The molecule has 0 aliphatic rings. The summed E-state index contributed by atoms with van der Waals surface area (Å²) in [7, 11) is 1.47. The number of benzene rings is 2. The molecule has 0 aromatic heterocycles. The van der Waals surface area contributed by atoms with Crippen molar-refractivity contribution in [2.75, 3.05) is 12.4 Å². The number of nitrogens with one attached hydrogen (secondary N) is 1. The number of non-ortho nitro benzene ring substituents is 1. The number of rotatable bonds is 6. The van der Waals surface area contributed by atoms with Gasteiger partial charge in [0.15, 0.2) is 5.78 Å². The van der Waals surface area contributed by atoms with Crippen LogP contribution in [0, 0.1) is 10.1 Å². The Bertz CT molecular complexity index is 784. The highest BCUT2D eigenvalue weighted by Gasteiger charge is 2.13. The Labute approximate surface area is 138 Å². The molecule has 124 valence electrons. The van der Waals surface area contributed by atoms with Crippen molar-refractivity contribution >= 4 is 23.1 Å². The number of carbonyl (C=O) groups is 2. The zero-order valence-electron chi connectivity index (χ0n) is 13.2. The van der Waals surface area contributed by atoms with Crippen molar-refractivity contribution in [2.45, 2.75) is 13.3 Å². The second-order valence-electron chi connectivity index (χ2n) is 5.12. The van der Waals surface area contributed by atoms with Crippen LogP contribution in [-0.2, 0) is 11.2 Å². The number of nitro groups is 1. The van der Waals surface area contributed by atoms with Crippen molar-refractivity contribution in [3.05, 3.63) is 63.7 Å². The van der Waals surface area contributed by atoms with E-state index in [1.54, 1.807) is 30.3 Å². The van der Waals surface area contributed by atoms with Gasteiger partial charge in [-0.25, -0.2) is 0 Å². The molecule has 0 bridgehead atoms. The van der Waals surface area contributed by atoms with Gasteiger partial charge in [0, 0.05) is 31.0 Å². The Kier molecular flexibility index (Phi) is 5.26. The molecule has 7 heteroatoms. The summed E-state index contributed by atoms with van der Waals surface area (Å²) in [4.78, 5) is 33.8. The lowest BCUT2D eigenvalue weighted by molar-refractivity contribution is -0.384. The maximum Gasteiger partial charge on any atom is 0.269 e.